The fourth-order valence-corrected chi connectivity index (χ4v) is 1.83. The normalized spacial score (nSPS) is 14.6. The molecule has 3 nitrogen and oxygen atoms in total. The van der Waals surface area contributed by atoms with Crippen molar-refractivity contribution in [1.29, 1.82) is 0 Å². The maximum absolute atomic E-state index is 13.1. The molecule has 0 radical (unpaired) electrons. The van der Waals surface area contributed by atoms with Gasteiger partial charge in [0.05, 0.1) is 13.2 Å². The van der Waals surface area contributed by atoms with Crippen molar-refractivity contribution in [2.45, 2.75) is 18.6 Å². The van der Waals surface area contributed by atoms with E-state index < -0.39 is 18.0 Å². The Balaban J connectivity index is 2.89. The summed E-state index contributed by atoms with van der Waals surface area (Å²) in [6, 6.07) is 3.91. The highest BCUT2D eigenvalue weighted by Crippen LogP contribution is 2.24. The molecule has 0 aliphatic rings. The van der Waals surface area contributed by atoms with E-state index in [1.54, 1.807) is 0 Å². The van der Waals surface area contributed by atoms with Crippen LogP contribution in [0.15, 0.2) is 18.2 Å². The van der Waals surface area contributed by atoms with Gasteiger partial charge in [0, 0.05) is 11.4 Å². The maximum Gasteiger partial charge on any atom is 0.127 e. The Labute approximate surface area is 102 Å². The molecule has 1 rings (SSSR count). The lowest BCUT2D eigenvalue weighted by Crippen LogP contribution is -2.18. The smallest absolute Gasteiger partial charge is 0.127 e. The topological polar surface area (TPSA) is 49.7 Å². The minimum atomic E-state index is -1.11. The number of methoxy groups -OCH3 is 1. The van der Waals surface area contributed by atoms with Gasteiger partial charge in [-0.05, 0) is 24.1 Å². The first kappa shape index (κ1) is 13.4. The van der Waals surface area contributed by atoms with E-state index in [1.807, 2.05) is 0 Å². The van der Waals surface area contributed by atoms with Gasteiger partial charge in [-0.1, -0.05) is 15.9 Å². The predicted molar refractivity (Wildman–Crippen MR) is 62.3 cm³/mol. The third-order valence-corrected chi connectivity index (χ3v) is 2.70. The number of hydrogen-bond donors (Lipinski definition) is 2. The number of benzene rings is 1. The van der Waals surface area contributed by atoms with E-state index in [-0.39, 0.29) is 0 Å². The third-order valence-electron chi connectivity index (χ3n) is 2.24. The van der Waals surface area contributed by atoms with Gasteiger partial charge in [-0.15, -0.1) is 0 Å². The summed E-state index contributed by atoms with van der Waals surface area (Å²) in [5, 5.41) is 19.9. The summed E-state index contributed by atoms with van der Waals surface area (Å²) in [4.78, 5) is 0. The lowest BCUT2D eigenvalue weighted by Gasteiger charge is -2.17. The van der Waals surface area contributed by atoms with E-state index in [0.717, 1.165) is 0 Å². The van der Waals surface area contributed by atoms with Crippen LogP contribution in [0.1, 0.15) is 18.1 Å². The van der Waals surface area contributed by atoms with Crippen molar-refractivity contribution >= 4 is 15.9 Å². The number of rotatable bonds is 5. The van der Waals surface area contributed by atoms with Gasteiger partial charge >= 0.3 is 0 Å². The first-order valence-electron chi connectivity index (χ1n) is 4.85. The molecular formula is C11H14BrFO3. The van der Waals surface area contributed by atoms with Crippen molar-refractivity contribution in [3.05, 3.63) is 29.6 Å². The molecule has 16 heavy (non-hydrogen) atoms. The summed E-state index contributed by atoms with van der Waals surface area (Å²) in [5.41, 5.74) is 0.310. The molecule has 0 aliphatic heterocycles. The van der Waals surface area contributed by atoms with E-state index >= 15 is 0 Å². The van der Waals surface area contributed by atoms with Gasteiger partial charge in [0.25, 0.3) is 0 Å². The SMILES string of the molecule is COc1cc(F)cc(C(O)C(O)CCBr)c1. The van der Waals surface area contributed by atoms with Crippen LogP contribution in [0, 0.1) is 5.82 Å². The molecule has 2 unspecified atom stereocenters. The minimum Gasteiger partial charge on any atom is -0.497 e. The van der Waals surface area contributed by atoms with Crippen LogP contribution in [-0.2, 0) is 0 Å². The number of halogens is 2. The summed E-state index contributed by atoms with van der Waals surface area (Å²) in [7, 11) is 1.42. The Morgan fingerprint density at radius 2 is 2.06 bits per heavy atom. The molecule has 0 saturated carbocycles. The summed E-state index contributed by atoms with van der Waals surface area (Å²) in [5.74, 6) is -0.181. The zero-order valence-corrected chi connectivity index (χ0v) is 10.4. The van der Waals surface area contributed by atoms with Crippen molar-refractivity contribution in [3.8, 4) is 5.75 Å². The van der Waals surface area contributed by atoms with Gasteiger partial charge in [-0.2, -0.15) is 0 Å². The largest absolute Gasteiger partial charge is 0.497 e. The Hall–Kier alpha value is -0.650. The minimum absolute atomic E-state index is 0.310. The number of hydrogen-bond acceptors (Lipinski definition) is 3. The Kier molecular flexibility index (Phi) is 5.18. The fourth-order valence-electron chi connectivity index (χ4n) is 1.36. The fraction of sp³-hybridized carbons (Fsp3) is 0.455. The first-order chi connectivity index (χ1) is 7.58. The average molecular weight is 293 g/mol. The maximum atomic E-state index is 13.1. The predicted octanol–water partition coefficient (Wildman–Crippen LogP) is 2.01. The van der Waals surface area contributed by atoms with Crippen LogP contribution in [0.3, 0.4) is 0 Å². The molecule has 0 spiro atoms. The van der Waals surface area contributed by atoms with Crippen LogP contribution in [0.2, 0.25) is 0 Å². The molecular weight excluding hydrogens is 279 g/mol. The Bertz CT molecular complexity index is 346. The molecule has 90 valence electrons. The van der Waals surface area contributed by atoms with Crippen molar-refractivity contribution in [2.75, 3.05) is 12.4 Å². The molecule has 2 N–H and O–H groups in total. The van der Waals surface area contributed by atoms with Crippen LogP contribution in [0.25, 0.3) is 0 Å². The highest BCUT2D eigenvalue weighted by Gasteiger charge is 2.19. The van der Waals surface area contributed by atoms with Gasteiger partial charge in [0.15, 0.2) is 0 Å². The highest BCUT2D eigenvalue weighted by atomic mass is 79.9. The van der Waals surface area contributed by atoms with Gasteiger partial charge in [0.2, 0.25) is 0 Å². The molecule has 0 amide bonds. The van der Waals surface area contributed by atoms with Crippen molar-refractivity contribution < 1.29 is 19.3 Å². The summed E-state index contributed by atoms with van der Waals surface area (Å²) >= 11 is 3.16. The van der Waals surface area contributed by atoms with Crippen LogP contribution in [-0.4, -0.2) is 28.8 Å². The molecule has 5 heteroatoms. The molecule has 0 bridgehead atoms. The quantitative estimate of drug-likeness (QED) is 0.817. The van der Waals surface area contributed by atoms with E-state index in [4.69, 9.17) is 4.74 Å². The van der Waals surface area contributed by atoms with Crippen molar-refractivity contribution in [3.63, 3.8) is 0 Å². The monoisotopic (exact) mass is 292 g/mol. The Morgan fingerprint density at radius 1 is 1.38 bits per heavy atom. The molecule has 0 fully saturated rings. The molecule has 0 aliphatic carbocycles. The number of ether oxygens (including phenoxy) is 1. The van der Waals surface area contributed by atoms with Crippen LogP contribution in [0.5, 0.6) is 5.75 Å². The van der Waals surface area contributed by atoms with E-state index in [2.05, 4.69) is 15.9 Å². The van der Waals surface area contributed by atoms with Gasteiger partial charge in [-0.25, -0.2) is 4.39 Å². The molecule has 0 saturated heterocycles. The zero-order valence-electron chi connectivity index (χ0n) is 8.86. The average Bonchev–Trinajstić information content (AvgIpc) is 2.27. The molecule has 1 aromatic rings. The standard InChI is InChI=1S/C11H14BrFO3/c1-16-9-5-7(4-8(13)6-9)11(15)10(14)2-3-12/h4-6,10-11,14-15H,2-3H2,1H3. The molecule has 1 aromatic carbocycles. The highest BCUT2D eigenvalue weighted by molar-refractivity contribution is 9.09. The van der Waals surface area contributed by atoms with Gasteiger partial charge < -0.3 is 14.9 Å². The van der Waals surface area contributed by atoms with Crippen molar-refractivity contribution in [2.24, 2.45) is 0 Å². The zero-order chi connectivity index (χ0) is 12.1. The Morgan fingerprint density at radius 3 is 2.62 bits per heavy atom. The second kappa shape index (κ2) is 6.18. The molecule has 0 heterocycles. The van der Waals surface area contributed by atoms with Crippen LogP contribution in [0.4, 0.5) is 4.39 Å². The van der Waals surface area contributed by atoms with E-state index in [0.29, 0.717) is 23.1 Å². The van der Waals surface area contributed by atoms with Crippen LogP contribution >= 0.6 is 15.9 Å². The van der Waals surface area contributed by atoms with E-state index in [1.165, 1.54) is 25.3 Å². The van der Waals surface area contributed by atoms with Crippen molar-refractivity contribution in [1.82, 2.24) is 0 Å². The second-order valence-corrected chi connectivity index (χ2v) is 4.21. The first-order valence-corrected chi connectivity index (χ1v) is 5.97. The van der Waals surface area contributed by atoms with Gasteiger partial charge in [-0.3, -0.25) is 0 Å². The summed E-state index contributed by atoms with van der Waals surface area (Å²) in [6.45, 7) is 0. The third kappa shape index (κ3) is 3.43. The number of alkyl halides is 1. The lowest BCUT2D eigenvalue weighted by atomic mass is 10.0. The van der Waals surface area contributed by atoms with E-state index in [9.17, 15) is 14.6 Å². The van der Waals surface area contributed by atoms with Gasteiger partial charge in [0.1, 0.15) is 17.7 Å². The molecule has 2 atom stereocenters. The summed E-state index contributed by atoms with van der Waals surface area (Å²) in [6.07, 6.45) is -1.65. The summed E-state index contributed by atoms with van der Waals surface area (Å²) < 4.78 is 18.0. The second-order valence-electron chi connectivity index (χ2n) is 3.41. The van der Waals surface area contributed by atoms with Crippen LogP contribution < -0.4 is 4.74 Å². The number of aliphatic hydroxyl groups excluding tert-OH is 2. The molecule has 0 aromatic heterocycles. The lowest BCUT2D eigenvalue weighted by molar-refractivity contribution is 0.0171. The number of aliphatic hydroxyl groups is 2.